The fraction of sp³-hybridized carbons (Fsp3) is 0.500. The van der Waals surface area contributed by atoms with Gasteiger partial charge in [0, 0.05) is 13.1 Å². The minimum atomic E-state index is -0.228. The molecule has 0 aliphatic carbocycles. The monoisotopic (exact) mass is 352 g/mol. The molecule has 0 atom stereocenters. The first kappa shape index (κ1) is 18.4. The third-order valence-corrected chi connectivity index (χ3v) is 4.08. The van der Waals surface area contributed by atoms with Crippen LogP contribution in [0.1, 0.15) is 13.8 Å². The van der Waals surface area contributed by atoms with E-state index in [0.717, 1.165) is 19.6 Å². The molecule has 1 N–H and O–H groups in total. The summed E-state index contributed by atoms with van der Waals surface area (Å²) in [4.78, 5) is 13.9. The van der Waals surface area contributed by atoms with Crippen LogP contribution in [0, 0.1) is 0 Å². The third-order valence-electron chi connectivity index (χ3n) is 2.99. The van der Waals surface area contributed by atoms with Gasteiger partial charge in [0.15, 0.2) is 12.4 Å². The molecule has 1 rings (SSSR count). The molecule has 1 amide bonds. The first-order valence-electron chi connectivity index (χ1n) is 6.74. The van der Waals surface area contributed by atoms with Crippen LogP contribution in [-0.4, -0.2) is 43.6 Å². The predicted octanol–water partition coefficient (Wildman–Crippen LogP) is 3.48. The van der Waals surface area contributed by atoms with Gasteiger partial charge in [0.2, 0.25) is 0 Å². The van der Waals surface area contributed by atoms with Crippen molar-refractivity contribution < 1.29 is 9.53 Å². The van der Waals surface area contributed by atoms with Gasteiger partial charge in [-0.2, -0.15) is 0 Å². The Morgan fingerprint density at radius 3 is 2.43 bits per heavy atom. The average molecular weight is 354 g/mol. The molecule has 0 heterocycles. The summed E-state index contributed by atoms with van der Waals surface area (Å²) in [5, 5.41) is 3.64. The zero-order chi connectivity index (χ0) is 15.8. The number of hydrogen-bond donors (Lipinski definition) is 1. The molecule has 0 saturated carbocycles. The van der Waals surface area contributed by atoms with Crippen LogP contribution in [0.4, 0.5) is 0 Å². The topological polar surface area (TPSA) is 41.6 Å². The minimum absolute atomic E-state index is 0.155. The second-order valence-corrected chi connectivity index (χ2v) is 5.53. The molecule has 1 aromatic carbocycles. The molecule has 0 spiro atoms. The summed E-state index contributed by atoms with van der Waals surface area (Å²) in [6, 6.07) is 3.15. The summed E-state index contributed by atoms with van der Waals surface area (Å²) >= 11 is 17.8. The maximum Gasteiger partial charge on any atom is 0.257 e. The van der Waals surface area contributed by atoms with E-state index in [1.165, 1.54) is 0 Å². The number of hydrogen-bond acceptors (Lipinski definition) is 3. The zero-order valence-corrected chi connectivity index (χ0v) is 14.4. The Bertz CT molecular complexity index is 480. The van der Waals surface area contributed by atoms with Gasteiger partial charge in [0.1, 0.15) is 5.02 Å². The summed E-state index contributed by atoms with van der Waals surface area (Å²) in [6.07, 6.45) is 0. The molecule has 0 bridgehead atoms. The number of benzene rings is 1. The van der Waals surface area contributed by atoms with Crippen molar-refractivity contribution in [3.05, 3.63) is 27.2 Å². The van der Waals surface area contributed by atoms with Gasteiger partial charge in [-0.25, -0.2) is 0 Å². The van der Waals surface area contributed by atoms with Crippen molar-refractivity contribution in [1.82, 2.24) is 10.2 Å². The molecule has 0 unspecified atom stereocenters. The molecule has 0 radical (unpaired) electrons. The summed E-state index contributed by atoms with van der Waals surface area (Å²) in [5.74, 6) is -0.000934. The van der Waals surface area contributed by atoms with E-state index >= 15 is 0 Å². The maximum atomic E-state index is 11.7. The lowest BCUT2D eigenvalue weighted by molar-refractivity contribution is -0.123. The van der Waals surface area contributed by atoms with E-state index < -0.39 is 0 Å². The first-order valence-corrected chi connectivity index (χ1v) is 7.88. The number of amides is 1. The van der Waals surface area contributed by atoms with E-state index in [-0.39, 0.29) is 23.3 Å². The summed E-state index contributed by atoms with van der Waals surface area (Å²) in [5.41, 5.74) is 0. The second kappa shape index (κ2) is 9.36. The van der Waals surface area contributed by atoms with Gasteiger partial charge in [-0.05, 0) is 25.2 Å². The van der Waals surface area contributed by atoms with E-state index in [1.54, 1.807) is 12.1 Å². The summed E-state index contributed by atoms with van der Waals surface area (Å²) < 4.78 is 5.35. The Kier molecular flexibility index (Phi) is 8.19. The zero-order valence-electron chi connectivity index (χ0n) is 12.1. The number of nitrogens with zero attached hydrogens (tertiary/aromatic N) is 1. The number of carbonyl (C=O) groups excluding carboxylic acids is 1. The van der Waals surface area contributed by atoms with Crippen LogP contribution in [0.25, 0.3) is 0 Å². The van der Waals surface area contributed by atoms with E-state index in [2.05, 4.69) is 24.1 Å². The molecule has 1 aromatic rings. The van der Waals surface area contributed by atoms with Gasteiger partial charge in [-0.15, -0.1) is 0 Å². The predicted molar refractivity (Wildman–Crippen MR) is 87.8 cm³/mol. The molecule has 0 saturated heterocycles. The number of likely N-dealkylation sites (N-methyl/N-ethyl adjacent to an activating group) is 1. The van der Waals surface area contributed by atoms with E-state index in [1.807, 2.05) is 0 Å². The highest BCUT2D eigenvalue weighted by Crippen LogP contribution is 2.37. The fourth-order valence-electron chi connectivity index (χ4n) is 1.72. The lowest BCUT2D eigenvalue weighted by Crippen LogP contribution is -2.36. The van der Waals surface area contributed by atoms with Crippen molar-refractivity contribution in [3.8, 4) is 5.75 Å². The molecule has 7 heteroatoms. The van der Waals surface area contributed by atoms with Gasteiger partial charge >= 0.3 is 0 Å². The fourth-order valence-corrected chi connectivity index (χ4v) is 2.35. The lowest BCUT2D eigenvalue weighted by atomic mass is 10.3. The standard InChI is InChI=1S/C14H19Cl3N2O2/c1-3-19(4-2)8-7-18-12(20)9-21-14-11(16)6-5-10(15)13(14)17/h5-6H,3-4,7-9H2,1-2H3,(H,18,20). The van der Waals surface area contributed by atoms with Gasteiger partial charge in [0.25, 0.3) is 5.91 Å². The van der Waals surface area contributed by atoms with E-state index in [9.17, 15) is 4.79 Å². The number of ether oxygens (including phenoxy) is 1. The van der Waals surface area contributed by atoms with Gasteiger partial charge in [0.05, 0.1) is 10.0 Å². The van der Waals surface area contributed by atoms with Crippen LogP contribution in [0.15, 0.2) is 12.1 Å². The molecule has 0 aliphatic rings. The largest absolute Gasteiger partial charge is 0.481 e. The molecule has 21 heavy (non-hydrogen) atoms. The summed E-state index contributed by atoms with van der Waals surface area (Å²) in [6.45, 7) is 7.29. The van der Waals surface area contributed by atoms with Crippen LogP contribution in [0.2, 0.25) is 15.1 Å². The molecule has 4 nitrogen and oxygen atoms in total. The average Bonchev–Trinajstić information content (AvgIpc) is 2.47. The van der Waals surface area contributed by atoms with Crippen LogP contribution in [0.3, 0.4) is 0 Å². The normalized spacial score (nSPS) is 10.8. The van der Waals surface area contributed by atoms with Crippen LogP contribution < -0.4 is 10.1 Å². The number of halogens is 3. The molecule has 0 fully saturated rings. The second-order valence-electron chi connectivity index (χ2n) is 4.34. The van der Waals surface area contributed by atoms with Gasteiger partial charge < -0.3 is 15.0 Å². The Labute approximate surface area is 140 Å². The summed E-state index contributed by atoms with van der Waals surface area (Å²) in [7, 11) is 0. The highest BCUT2D eigenvalue weighted by Gasteiger charge is 2.12. The SMILES string of the molecule is CCN(CC)CCNC(=O)COc1c(Cl)ccc(Cl)c1Cl. The van der Waals surface area contributed by atoms with E-state index in [4.69, 9.17) is 39.5 Å². The van der Waals surface area contributed by atoms with E-state index in [0.29, 0.717) is 16.6 Å². The van der Waals surface area contributed by atoms with Gasteiger partial charge in [-0.3, -0.25) is 4.79 Å². The highest BCUT2D eigenvalue weighted by atomic mass is 35.5. The first-order chi connectivity index (χ1) is 9.99. The van der Waals surface area contributed by atoms with Crippen molar-refractivity contribution in [1.29, 1.82) is 0 Å². The molecular formula is C14H19Cl3N2O2. The Morgan fingerprint density at radius 2 is 1.81 bits per heavy atom. The molecule has 0 aromatic heterocycles. The van der Waals surface area contributed by atoms with Crippen molar-refractivity contribution >= 4 is 40.7 Å². The van der Waals surface area contributed by atoms with Crippen molar-refractivity contribution in [2.24, 2.45) is 0 Å². The number of nitrogens with one attached hydrogen (secondary N) is 1. The van der Waals surface area contributed by atoms with Crippen LogP contribution in [-0.2, 0) is 4.79 Å². The van der Waals surface area contributed by atoms with Crippen molar-refractivity contribution in [2.45, 2.75) is 13.8 Å². The minimum Gasteiger partial charge on any atom is -0.481 e. The molecule has 118 valence electrons. The van der Waals surface area contributed by atoms with Gasteiger partial charge in [-0.1, -0.05) is 48.7 Å². The lowest BCUT2D eigenvalue weighted by Gasteiger charge is -2.18. The molecule has 0 aliphatic heterocycles. The van der Waals surface area contributed by atoms with Crippen LogP contribution >= 0.6 is 34.8 Å². The number of rotatable bonds is 8. The third kappa shape index (κ3) is 5.91. The Hall–Kier alpha value is -0.680. The quantitative estimate of drug-likeness (QED) is 0.727. The smallest absolute Gasteiger partial charge is 0.257 e. The maximum absolute atomic E-state index is 11.7. The van der Waals surface area contributed by atoms with Crippen LogP contribution in [0.5, 0.6) is 5.75 Å². The number of carbonyl (C=O) groups is 1. The Morgan fingerprint density at radius 1 is 1.19 bits per heavy atom. The molecular weight excluding hydrogens is 335 g/mol. The Balaban J connectivity index is 2.42. The highest BCUT2D eigenvalue weighted by molar-refractivity contribution is 6.44. The van der Waals surface area contributed by atoms with Crippen molar-refractivity contribution in [2.75, 3.05) is 32.8 Å². The van der Waals surface area contributed by atoms with Crippen molar-refractivity contribution in [3.63, 3.8) is 0 Å².